The van der Waals surface area contributed by atoms with E-state index in [1.165, 1.54) is 0 Å². The maximum atomic E-state index is 5.39. The minimum absolute atomic E-state index is 0.748. The van der Waals surface area contributed by atoms with Crippen molar-refractivity contribution >= 4 is 28.5 Å². The molecule has 0 aliphatic carbocycles. The van der Waals surface area contributed by atoms with E-state index in [1.54, 1.807) is 12.5 Å². The molecule has 2 aliphatic rings. The first-order valence-corrected chi connectivity index (χ1v) is 9.19. The van der Waals surface area contributed by atoms with Crippen LogP contribution in [0.1, 0.15) is 0 Å². The molecule has 2 aliphatic heterocycles. The zero-order valence-electron chi connectivity index (χ0n) is 15.0. The first-order valence-electron chi connectivity index (χ1n) is 9.19. The number of nitrogens with one attached hydrogen (secondary N) is 1. The van der Waals surface area contributed by atoms with Crippen LogP contribution in [0.3, 0.4) is 0 Å². The molecular weight excluding hydrogens is 346 g/mol. The topological polar surface area (TPSA) is 99.2 Å². The molecule has 0 bridgehead atoms. The van der Waals surface area contributed by atoms with E-state index in [0.29, 0.717) is 0 Å². The largest absolute Gasteiger partial charge is 0.378 e. The minimum atomic E-state index is 0.748. The van der Waals surface area contributed by atoms with Gasteiger partial charge in [-0.3, -0.25) is 5.10 Å². The Labute approximate surface area is 156 Å². The lowest BCUT2D eigenvalue weighted by molar-refractivity contribution is 0.122. The van der Waals surface area contributed by atoms with Gasteiger partial charge >= 0.3 is 0 Å². The Bertz CT molecular complexity index is 898. The van der Waals surface area contributed by atoms with Crippen molar-refractivity contribution in [3.05, 3.63) is 24.7 Å². The van der Waals surface area contributed by atoms with Crippen molar-refractivity contribution in [1.29, 1.82) is 0 Å². The Hall–Kier alpha value is -3.01. The molecule has 0 aromatic carbocycles. The van der Waals surface area contributed by atoms with Crippen LogP contribution in [0, 0.1) is 0 Å². The van der Waals surface area contributed by atoms with Crippen LogP contribution in [0.2, 0.25) is 0 Å². The lowest BCUT2D eigenvalue weighted by atomic mass is 10.2. The molecule has 2 fully saturated rings. The van der Waals surface area contributed by atoms with Crippen molar-refractivity contribution in [2.75, 3.05) is 67.2 Å². The summed E-state index contributed by atoms with van der Waals surface area (Å²) in [5, 5.41) is 16.8. The smallest absolute Gasteiger partial charge is 0.160 e. The van der Waals surface area contributed by atoms with Crippen LogP contribution in [0.4, 0.5) is 17.5 Å². The van der Waals surface area contributed by atoms with Gasteiger partial charge in [0.25, 0.3) is 0 Å². The number of H-pyrrole nitrogens is 1. The molecule has 0 amide bonds. The molecule has 1 N–H and O–H groups in total. The second-order valence-corrected chi connectivity index (χ2v) is 6.65. The van der Waals surface area contributed by atoms with Crippen molar-refractivity contribution in [3.8, 4) is 0 Å². The van der Waals surface area contributed by atoms with E-state index in [-0.39, 0.29) is 0 Å². The Balaban J connectivity index is 1.26. The maximum absolute atomic E-state index is 5.39. The summed E-state index contributed by atoms with van der Waals surface area (Å²) in [4.78, 5) is 15.4. The summed E-state index contributed by atoms with van der Waals surface area (Å²) < 4.78 is 5.39. The highest BCUT2D eigenvalue weighted by atomic mass is 16.5. The number of anilines is 3. The molecule has 27 heavy (non-hydrogen) atoms. The molecule has 0 saturated carbocycles. The van der Waals surface area contributed by atoms with Crippen molar-refractivity contribution in [2.24, 2.45) is 0 Å². The quantitative estimate of drug-likeness (QED) is 0.701. The molecule has 10 nitrogen and oxygen atoms in total. The van der Waals surface area contributed by atoms with E-state index in [0.717, 1.165) is 81.0 Å². The lowest BCUT2D eigenvalue weighted by Gasteiger charge is -2.36. The number of morpholine rings is 1. The molecule has 10 heteroatoms. The third-order valence-electron chi connectivity index (χ3n) is 5.10. The number of nitrogens with zero attached hydrogens (tertiary/aromatic N) is 8. The Morgan fingerprint density at radius 1 is 0.815 bits per heavy atom. The monoisotopic (exact) mass is 367 g/mol. The highest BCUT2D eigenvalue weighted by molar-refractivity contribution is 5.86. The second kappa shape index (κ2) is 6.95. The number of hydrogen-bond donors (Lipinski definition) is 1. The highest BCUT2D eigenvalue weighted by Crippen LogP contribution is 2.23. The number of fused-ring (bicyclic) bond motifs is 1. The van der Waals surface area contributed by atoms with E-state index in [4.69, 9.17) is 4.74 Å². The predicted octanol–water partition coefficient (Wildman–Crippen LogP) is 0.306. The summed E-state index contributed by atoms with van der Waals surface area (Å²) in [6.07, 6.45) is 3.37. The van der Waals surface area contributed by atoms with Gasteiger partial charge in [-0.2, -0.15) is 5.10 Å². The fourth-order valence-corrected chi connectivity index (χ4v) is 3.60. The molecule has 0 radical (unpaired) electrons. The third kappa shape index (κ3) is 3.12. The van der Waals surface area contributed by atoms with Crippen molar-refractivity contribution in [2.45, 2.75) is 0 Å². The van der Waals surface area contributed by atoms with Gasteiger partial charge in [-0.05, 0) is 12.1 Å². The SMILES string of the molecule is c1nc(N2CCN(c3ccc(N4CCOCC4)nn3)CC2)c2cn[nH]c2n1. The summed E-state index contributed by atoms with van der Waals surface area (Å²) in [6, 6.07) is 4.12. The zero-order chi connectivity index (χ0) is 18.1. The van der Waals surface area contributed by atoms with Gasteiger partial charge in [0.1, 0.15) is 12.1 Å². The van der Waals surface area contributed by atoms with Crippen LogP contribution in [0.25, 0.3) is 11.0 Å². The van der Waals surface area contributed by atoms with Gasteiger partial charge in [0, 0.05) is 39.3 Å². The summed E-state index contributed by atoms with van der Waals surface area (Å²) in [5.41, 5.74) is 0.770. The number of piperazine rings is 1. The van der Waals surface area contributed by atoms with E-state index >= 15 is 0 Å². The lowest BCUT2D eigenvalue weighted by Crippen LogP contribution is -2.47. The molecule has 140 valence electrons. The second-order valence-electron chi connectivity index (χ2n) is 6.65. The number of aromatic nitrogens is 6. The van der Waals surface area contributed by atoms with Crippen LogP contribution in [0.15, 0.2) is 24.7 Å². The van der Waals surface area contributed by atoms with Gasteiger partial charge in [-0.25, -0.2) is 9.97 Å². The first-order chi connectivity index (χ1) is 13.4. The molecule has 0 atom stereocenters. The fourth-order valence-electron chi connectivity index (χ4n) is 3.60. The van der Waals surface area contributed by atoms with Crippen LogP contribution in [0.5, 0.6) is 0 Å². The van der Waals surface area contributed by atoms with Gasteiger partial charge in [0.15, 0.2) is 17.3 Å². The van der Waals surface area contributed by atoms with Gasteiger partial charge in [0.2, 0.25) is 0 Å². The first kappa shape index (κ1) is 16.2. The zero-order valence-corrected chi connectivity index (χ0v) is 15.0. The molecule has 3 aromatic rings. The van der Waals surface area contributed by atoms with Gasteiger partial charge in [-0.1, -0.05) is 0 Å². The molecule has 0 spiro atoms. The Morgan fingerprint density at radius 2 is 1.48 bits per heavy atom. The van der Waals surface area contributed by atoms with E-state index in [1.807, 2.05) is 0 Å². The Kier molecular flexibility index (Phi) is 4.17. The van der Waals surface area contributed by atoms with Crippen molar-refractivity contribution in [3.63, 3.8) is 0 Å². The van der Waals surface area contributed by atoms with Crippen LogP contribution in [-0.2, 0) is 4.74 Å². The van der Waals surface area contributed by atoms with E-state index < -0.39 is 0 Å². The highest BCUT2D eigenvalue weighted by Gasteiger charge is 2.22. The van der Waals surface area contributed by atoms with E-state index in [9.17, 15) is 0 Å². The predicted molar refractivity (Wildman–Crippen MR) is 101 cm³/mol. The number of aromatic amines is 1. The Morgan fingerprint density at radius 3 is 2.19 bits per heavy atom. The molecule has 3 aromatic heterocycles. The average molecular weight is 367 g/mol. The minimum Gasteiger partial charge on any atom is -0.378 e. The molecule has 2 saturated heterocycles. The third-order valence-corrected chi connectivity index (χ3v) is 5.10. The van der Waals surface area contributed by atoms with E-state index in [2.05, 4.69) is 57.2 Å². The number of rotatable bonds is 3. The molecule has 5 heterocycles. The van der Waals surface area contributed by atoms with Gasteiger partial charge in [-0.15, -0.1) is 10.2 Å². The number of ether oxygens (including phenoxy) is 1. The van der Waals surface area contributed by atoms with Crippen LogP contribution >= 0.6 is 0 Å². The fraction of sp³-hybridized carbons (Fsp3) is 0.471. The molecule has 0 unspecified atom stereocenters. The van der Waals surface area contributed by atoms with Crippen molar-refractivity contribution in [1.82, 2.24) is 30.4 Å². The molecule has 5 rings (SSSR count). The van der Waals surface area contributed by atoms with Gasteiger partial charge in [0.05, 0.1) is 24.8 Å². The summed E-state index contributed by atoms with van der Waals surface area (Å²) in [6.45, 7) is 6.71. The van der Waals surface area contributed by atoms with Gasteiger partial charge < -0.3 is 19.4 Å². The standard InChI is InChI=1S/C17H21N9O/c1-2-15(25-7-9-27-10-8-25)22-21-14(1)24-3-5-26(6-4-24)17-13-11-20-23-16(13)18-12-19-17/h1-2,11-12H,3-10H2,(H,18,19,20,23). The normalized spacial score (nSPS) is 18.3. The molecular formula is C17H21N9O. The maximum Gasteiger partial charge on any atom is 0.160 e. The summed E-state index contributed by atoms with van der Waals surface area (Å²) in [5.74, 6) is 2.77. The van der Waals surface area contributed by atoms with Crippen molar-refractivity contribution < 1.29 is 4.74 Å². The average Bonchev–Trinajstić information content (AvgIpc) is 3.24. The summed E-state index contributed by atoms with van der Waals surface area (Å²) in [7, 11) is 0. The number of hydrogen-bond acceptors (Lipinski definition) is 9. The summed E-state index contributed by atoms with van der Waals surface area (Å²) >= 11 is 0. The van der Waals surface area contributed by atoms with Crippen LogP contribution < -0.4 is 14.7 Å². The van der Waals surface area contributed by atoms with Crippen LogP contribution in [-0.4, -0.2) is 82.8 Å².